The molecule has 1 heterocycles. The van der Waals surface area contributed by atoms with Gasteiger partial charge in [-0.3, -0.25) is 4.79 Å². The Balaban J connectivity index is 2.56. The molecule has 5 nitrogen and oxygen atoms in total. The predicted molar refractivity (Wildman–Crippen MR) is 76.9 cm³/mol. The van der Waals surface area contributed by atoms with Crippen LogP contribution in [0.2, 0.25) is 0 Å². The molecule has 1 aromatic heterocycles. The van der Waals surface area contributed by atoms with E-state index in [1.165, 1.54) is 11.8 Å². The van der Waals surface area contributed by atoms with Crippen molar-refractivity contribution >= 4 is 16.7 Å². The minimum atomic E-state index is -0.523. The number of ether oxygens (including phenoxy) is 1. The van der Waals surface area contributed by atoms with Gasteiger partial charge >= 0.3 is 5.97 Å². The number of benzene rings is 1. The summed E-state index contributed by atoms with van der Waals surface area (Å²) in [7, 11) is 1.31. The van der Waals surface area contributed by atoms with Crippen LogP contribution in [0.4, 0.5) is 0 Å². The molecule has 0 fully saturated rings. The number of methoxy groups -OCH3 is 1. The number of esters is 1. The highest BCUT2D eigenvalue weighted by atomic mass is 16.5. The highest BCUT2D eigenvalue weighted by Crippen LogP contribution is 2.14. The molecular weight excluding hydrogens is 256 g/mol. The number of rotatable bonds is 5. The van der Waals surface area contributed by atoms with Gasteiger partial charge in [0.15, 0.2) is 5.69 Å². The van der Waals surface area contributed by atoms with Crippen molar-refractivity contribution in [3.8, 4) is 0 Å². The number of fused-ring (bicyclic) bond motifs is 1. The first-order chi connectivity index (χ1) is 9.69. The van der Waals surface area contributed by atoms with E-state index in [4.69, 9.17) is 4.74 Å². The molecule has 0 radical (unpaired) electrons. The van der Waals surface area contributed by atoms with Crippen LogP contribution in [0.5, 0.6) is 0 Å². The third-order valence-electron chi connectivity index (χ3n) is 3.22. The Morgan fingerprint density at radius 1 is 1.25 bits per heavy atom. The second kappa shape index (κ2) is 6.32. The van der Waals surface area contributed by atoms with Crippen LogP contribution in [0.1, 0.15) is 36.7 Å². The maximum atomic E-state index is 12.3. The van der Waals surface area contributed by atoms with Gasteiger partial charge in [-0.1, -0.05) is 38.0 Å². The van der Waals surface area contributed by atoms with E-state index in [1.54, 1.807) is 24.3 Å². The molecule has 0 aliphatic rings. The molecule has 0 unspecified atom stereocenters. The largest absolute Gasteiger partial charge is 0.464 e. The average Bonchev–Trinajstić information content (AvgIpc) is 2.49. The van der Waals surface area contributed by atoms with Gasteiger partial charge in [-0.2, -0.15) is 5.10 Å². The summed E-state index contributed by atoms with van der Waals surface area (Å²) in [5.41, 5.74) is 0.0311. The standard InChI is InChI=1S/C15H18N2O3/c1-3-4-7-10-17-14(18)12-9-6-5-8-11(12)13(16-17)15(19)20-2/h5-6,8-9H,3-4,7,10H2,1-2H3. The Kier molecular flexibility index (Phi) is 4.50. The van der Waals surface area contributed by atoms with Crippen LogP contribution in [0, 0.1) is 0 Å². The molecule has 5 heteroatoms. The molecule has 0 bridgehead atoms. The second-order valence-electron chi connectivity index (χ2n) is 4.62. The molecule has 0 saturated heterocycles. The summed E-state index contributed by atoms with van der Waals surface area (Å²) in [6.07, 6.45) is 2.95. The zero-order valence-electron chi connectivity index (χ0n) is 11.8. The van der Waals surface area contributed by atoms with Gasteiger partial charge < -0.3 is 4.74 Å². The lowest BCUT2D eigenvalue weighted by Gasteiger charge is -2.09. The van der Waals surface area contributed by atoms with Crippen LogP contribution in [0.25, 0.3) is 10.8 Å². The summed E-state index contributed by atoms with van der Waals surface area (Å²) < 4.78 is 6.11. The second-order valence-corrected chi connectivity index (χ2v) is 4.62. The number of unbranched alkanes of at least 4 members (excludes halogenated alkanes) is 2. The maximum absolute atomic E-state index is 12.3. The van der Waals surface area contributed by atoms with E-state index in [-0.39, 0.29) is 11.3 Å². The summed E-state index contributed by atoms with van der Waals surface area (Å²) in [5, 5.41) is 5.21. The van der Waals surface area contributed by atoms with Gasteiger partial charge in [0.2, 0.25) is 0 Å². The van der Waals surface area contributed by atoms with E-state index in [2.05, 4.69) is 12.0 Å². The molecule has 0 aliphatic heterocycles. The Hall–Kier alpha value is -2.17. The number of hydrogen-bond donors (Lipinski definition) is 0. The van der Waals surface area contributed by atoms with E-state index in [0.29, 0.717) is 17.3 Å². The number of carbonyl (C=O) groups excluding carboxylic acids is 1. The van der Waals surface area contributed by atoms with Crippen LogP contribution in [0.15, 0.2) is 29.1 Å². The zero-order valence-corrected chi connectivity index (χ0v) is 11.8. The van der Waals surface area contributed by atoms with Crippen LogP contribution < -0.4 is 5.56 Å². The van der Waals surface area contributed by atoms with Gasteiger partial charge in [0.1, 0.15) is 0 Å². The lowest BCUT2D eigenvalue weighted by molar-refractivity contribution is 0.0593. The molecule has 0 N–H and O–H groups in total. The molecule has 0 saturated carbocycles. The number of aromatic nitrogens is 2. The van der Waals surface area contributed by atoms with Crippen molar-refractivity contribution in [2.24, 2.45) is 0 Å². The summed E-state index contributed by atoms with van der Waals surface area (Å²) in [4.78, 5) is 24.2. The highest BCUT2D eigenvalue weighted by molar-refractivity contribution is 6.01. The molecule has 0 spiro atoms. The first kappa shape index (κ1) is 14.2. The average molecular weight is 274 g/mol. The monoisotopic (exact) mass is 274 g/mol. The molecule has 0 amide bonds. The van der Waals surface area contributed by atoms with Crippen molar-refractivity contribution in [2.75, 3.05) is 7.11 Å². The van der Waals surface area contributed by atoms with Gasteiger partial charge in [-0.25, -0.2) is 9.48 Å². The SMILES string of the molecule is CCCCCn1nc(C(=O)OC)c2ccccc2c1=O. The van der Waals surface area contributed by atoms with Gasteiger partial charge in [-0.15, -0.1) is 0 Å². The number of carbonyl (C=O) groups is 1. The Morgan fingerprint density at radius 2 is 1.95 bits per heavy atom. The molecule has 0 aliphatic carbocycles. The Labute approximate surface area is 117 Å². The minimum Gasteiger partial charge on any atom is -0.464 e. The van der Waals surface area contributed by atoms with Crippen molar-refractivity contribution in [3.63, 3.8) is 0 Å². The molecular formula is C15H18N2O3. The van der Waals surface area contributed by atoms with Crippen LogP contribution in [-0.2, 0) is 11.3 Å². The van der Waals surface area contributed by atoms with Crippen molar-refractivity contribution < 1.29 is 9.53 Å². The third kappa shape index (κ3) is 2.71. The van der Waals surface area contributed by atoms with Crippen molar-refractivity contribution in [1.29, 1.82) is 0 Å². The highest BCUT2D eigenvalue weighted by Gasteiger charge is 2.16. The zero-order chi connectivity index (χ0) is 14.5. The number of hydrogen-bond acceptors (Lipinski definition) is 4. The molecule has 2 aromatic rings. The first-order valence-corrected chi connectivity index (χ1v) is 6.77. The van der Waals surface area contributed by atoms with E-state index in [0.717, 1.165) is 19.3 Å². The summed E-state index contributed by atoms with van der Waals surface area (Å²) in [5.74, 6) is -0.523. The smallest absolute Gasteiger partial charge is 0.359 e. The quantitative estimate of drug-likeness (QED) is 0.620. The molecule has 2 rings (SSSR count). The first-order valence-electron chi connectivity index (χ1n) is 6.77. The summed E-state index contributed by atoms with van der Waals surface area (Å²) in [6.45, 7) is 2.61. The molecule has 20 heavy (non-hydrogen) atoms. The van der Waals surface area contributed by atoms with Gasteiger partial charge in [0, 0.05) is 11.9 Å². The predicted octanol–water partition coefficient (Wildman–Crippen LogP) is 2.37. The number of aryl methyl sites for hydroxylation is 1. The third-order valence-corrected chi connectivity index (χ3v) is 3.22. The topological polar surface area (TPSA) is 61.2 Å². The normalized spacial score (nSPS) is 10.7. The van der Waals surface area contributed by atoms with Crippen LogP contribution in [0.3, 0.4) is 0 Å². The molecule has 1 aromatic carbocycles. The van der Waals surface area contributed by atoms with E-state index in [9.17, 15) is 9.59 Å². The van der Waals surface area contributed by atoms with Crippen molar-refractivity contribution in [3.05, 3.63) is 40.3 Å². The fourth-order valence-electron chi connectivity index (χ4n) is 2.15. The van der Waals surface area contributed by atoms with E-state index < -0.39 is 5.97 Å². The fraction of sp³-hybridized carbons (Fsp3) is 0.400. The maximum Gasteiger partial charge on any atom is 0.359 e. The molecule has 0 atom stereocenters. The number of nitrogens with zero attached hydrogens (tertiary/aromatic N) is 2. The van der Waals surface area contributed by atoms with Gasteiger partial charge in [0.25, 0.3) is 5.56 Å². The summed E-state index contributed by atoms with van der Waals surface area (Å²) >= 11 is 0. The lowest BCUT2D eigenvalue weighted by atomic mass is 10.1. The fourth-order valence-corrected chi connectivity index (χ4v) is 2.15. The van der Waals surface area contributed by atoms with Gasteiger partial charge in [-0.05, 0) is 12.5 Å². The Morgan fingerprint density at radius 3 is 2.60 bits per heavy atom. The van der Waals surface area contributed by atoms with Crippen molar-refractivity contribution in [1.82, 2.24) is 9.78 Å². The Bertz CT molecular complexity index is 676. The minimum absolute atomic E-state index is 0.163. The van der Waals surface area contributed by atoms with Crippen LogP contribution in [-0.4, -0.2) is 22.9 Å². The molecule has 106 valence electrons. The summed E-state index contributed by atoms with van der Waals surface area (Å²) in [6, 6.07) is 6.98. The van der Waals surface area contributed by atoms with Crippen molar-refractivity contribution in [2.45, 2.75) is 32.7 Å². The lowest BCUT2D eigenvalue weighted by Crippen LogP contribution is -2.26. The van der Waals surface area contributed by atoms with E-state index >= 15 is 0 Å². The van der Waals surface area contributed by atoms with Crippen LogP contribution >= 0.6 is 0 Å². The van der Waals surface area contributed by atoms with E-state index in [1.807, 2.05) is 0 Å². The van der Waals surface area contributed by atoms with Gasteiger partial charge in [0.05, 0.1) is 12.5 Å².